The number of nitrogens with one attached hydrogen (secondary N) is 2. The fraction of sp³-hybridized carbons (Fsp3) is 0.429. The summed E-state index contributed by atoms with van der Waals surface area (Å²) in [6.45, 7) is 0.424. The molecule has 72 valence electrons. The second kappa shape index (κ2) is 4.76. The molecule has 0 fully saturated rings. The Balaban J connectivity index is 2.31. The largest absolute Gasteiger partial charge is 0.351 e. The Labute approximate surface area is 78.4 Å². The van der Waals surface area contributed by atoms with Gasteiger partial charge in [-0.05, 0) is 0 Å². The molecule has 13 heavy (non-hydrogen) atoms. The van der Waals surface area contributed by atoms with Crippen molar-refractivity contribution in [3.63, 3.8) is 0 Å². The maximum atomic E-state index is 11.2. The molecule has 0 aliphatic rings. The lowest BCUT2D eigenvalue weighted by Crippen LogP contribution is -2.27. The molecule has 1 heterocycles. The van der Waals surface area contributed by atoms with Gasteiger partial charge < -0.3 is 5.32 Å². The third-order valence-corrected chi connectivity index (χ3v) is 2.21. The van der Waals surface area contributed by atoms with Crippen molar-refractivity contribution in [3.8, 4) is 0 Å². The number of carbonyl (C=O) groups excluding carboxylic acids is 1. The Hall–Kier alpha value is -1.17. The average Bonchev–Trinajstić information content (AvgIpc) is 2.55. The molecule has 0 bridgehead atoms. The van der Waals surface area contributed by atoms with Crippen LogP contribution in [0.5, 0.6) is 0 Å². The lowest BCUT2D eigenvalue weighted by atomic mass is 10.3. The van der Waals surface area contributed by atoms with Crippen LogP contribution in [-0.4, -0.2) is 38.9 Å². The van der Waals surface area contributed by atoms with Crippen molar-refractivity contribution in [2.45, 2.75) is 0 Å². The maximum absolute atomic E-state index is 11.2. The van der Waals surface area contributed by atoms with Crippen LogP contribution in [0.3, 0.4) is 0 Å². The van der Waals surface area contributed by atoms with Crippen molar-refractivity contribution in [1.82, 2.24) is 15.5 Å². The molecule has 0 aliphatic carbocycles. The summed E-state index contributed by atoms with van der Waals surface area (Å²) in [4.78, 5) is 11.2. The first-order chi connectivity index (χ1) is 6.20. The summed E-state index contributed by atoms with van der Waals surface area (Å²) in [5, 5.41) is 8.80. The first-order valence-corrected chi connectivity index (χ1v) is 5.50. The number of hydrogen-bond donors (Lipinski definition) is 2. The number of carbonyl (C=O) groups is 1. The van der Waals surface area contributed by atoms with Gasteiger partial charge in [0.05, 0.1) is 11.8 Å². The van der Waals surface area contributed by atoms with Gasteiger partial charge in [-0.25, -0.2) is 0 Å². The molecular weight excluding hydrogens is 190 g/mol. The minimum Gasteiger partial charge on any atom is -0.351 e. The zero-order valence-electron chi connectivity index (χ0n) is 7.24. The maximum Gasteiger partial charge on any atom is 0.254 e. The molecule has 0 saturated carbocycles. The second-order valence-electron chi connectivity index (χ2n) is 2.52. The summed E-state index contributed by atoms with van der Waals surface area (Å²) < 4.78 is 10.7. The van der Waals surface area contributed by atoms with Crippen LogP contribution in [0.15, 0.2) is 12.4 Å². The molecule has 1 aromatic heterocycles. The van der Waals surface area contributed by atoms with Gasteiger partial charge in [-0.1, -0.05) is 0 Å². The van der Waals surface area contributed by atoms with Crippen molar-refractivity contribution in [3.05, 3.63) is 18.0 Å². The summed E-state index contributed by atoms with van der Waals surface area (Å²) in [5.41, 5.74) is 0.488. The van der Waals surface area contributed by atoms with Gasteiger partial charge in [0.15, 0.2) is 0 Å². The van der Waals surface area contributed by atoms with Crippen LogP contribution in [0.2, 0.25) is 0 Å². The average molecular weight is 201 g/mol. The van der Waals surface area contributed by atoms with Gasteiger partial charge in [0.1, 0.15) is 0 Å². The van der Waals surface area contributed by atoms with E-state index in [1.54, 1.807) is 6.26 Å². The van der Waals surface area contributed by atoms with Gasteiger partial charge in [0, 0.05) is 35.5 Å². The smallest absolute Gasteiger partial charge is 0.254 e. The molecule has 1 atom stereocenters. The number of hydrogen-bond acceptors (Lipinski definition) is 3. The molecule has 1 aromatic rings. The van der Waals surface area contributed by atoms with Crippen molar-refractivity contribution < 1.29 is 9.00 Å². The van der Waals surface area contributed by atoms with E-state index in [1.165, 1.54) is 12.4 Å². The number of H-pyrrole nitrogens is 1. The minimum absolute atomic E-state index is 0.195. The third-order valence-electron chi connectivity index (χ3n) is 1.44. The quantitative estimate of drug-likeness (QED) is 0.690. The van der Waals surface area contributed by atoms with E-state index in [9.17, 15) is 9.00 Å². The summed E-state index contributed by atoms with van der Waals surface area (Å²) in [5.74, 6) is 0.281. The van der Waals surface area contributed by atoms with Crippen molar-refractivity contribution in [2.24, 2.45) is 0 Å². The zero-order chi connectivity index (χ0) is 9.68. The molecule has 0 aliphatic heterocycles. The fourth-order valence-corrected chi connectivity index (χ4v) is 1.17. The third kappa shape index (κ3) is 3.37. The van der Waals surface area contributed by atoms with Gasteiger partial charge in [-0.15, -0.1) is 0 Å². The molecule has 0 aromatic carbocycles. The number of nitrogens with zero attached hydrogens (tertiary/aromatic N) is 1. The Bertz CT molecular complexity index is 297. The van der Waals surface area contributed by atoms with Crippen LogP contribution in [0.25, 0.3) is 0 Å². The van der Waals surface area contributed by atoms with Crippen LogP contribution >= 0.6 is 0 Å². The Morgan fingerprint density at radius 3 is 3.08 bits per heavy atom. The van der Waals surface area contributed by atoms with Crippen LogP contribution in [0.4, 0.5) is 0 Å². The molecule has 0 radical (unpaired) electrons. The number of amides is 1. The van der Waals surface area contributed by atoms with E-state index in [2.05, 4.69) is 15.5 Å². The standard InChI is InChI=1S/C7H11N3O2S/c1-13(12)3-2-8-7(11)6-4-9-10-5-6/h4-5H,2-3H2,1H3,(H,8,11)(H,9,10). The van der Waals surface area contributed by atoms with Crippen LogP contribution in [-0.2, 0) is 10.8 Å². The van der Waals surface area contributed by atoms with Gasteiger partial charge >= 0.3 is 0 Å². The van der Waals surface area contributed by atoms with Crippen molar-refractivity contribution in [2.75, 3.05) is 18.6 Å². The fourth-order valence-electron chi connectivity index (χ4n) is 0.785. The van der Waals surface area contributed by atoms with Crippen molar-refractivity contribution in [1.29, 1.82) is 0 Å². The molecular formula is C7H11N3O2S. The second-order valence-corrected chi connectivity index (χ2v) is 4.07. The van der Waals surface area contributed by atoms with E-state index in [1.807, 2.05) is 0 Å². The van der Waals surface area contributed by atoms with Crippen LogP contribution < -0.4 is 5.32 Å². The summed E-state index contributed by atoms with van der Waals surface area (Å²) in [6, 6.07) is 0. The molecule has 0 saturated heterocycles. The normalized spacial score (nSPS) is 12.4. The van der Waals surface area contributed by atoms with E-state index in [0.29, 0.717) is 17.9 Å². The molecule has 2 N–H and O–H groups in total. The molecule has 1 unspecified atom stereocenters. The highest BCUT2D eigenvalue weighted by Gasteiger charge is 2.04. The topological polar surface area (TPSA) is 74.8 Å². The lowest BCUT2D eigenvalue weighted by molar-refractivity contribution is 0.0956. The number of aromatic amines is 1. The molecule has 5 nitrogen and oxygen atoms in total. The first kappa shape index (κ1) is 9.91. The lowest BCUT2D eigenvalue weighted by Gasteiger charge is -2.00. The molecule has 6 heteroatoms. The molecule has 0 spiro atoms. The van der Waals surface area contributed by atoms with Crippen LogP contribution in [0, 0.1) is 0 Å². The zero-order valence-corrected chi connectivity index (χ0v) is 8.06. The number of aromatic nitrogens is 2. The SMILES string of the molecule is CS(=O)CCNC(=O)c1cn[nH]c1. The Morgan fingerprint density at radius 2 is 2.54 bits per heavy atom. The minimum atomic E-state index is -0.867. The highest BCUT2D eigenvalue weighted by molar-refractivity contribution is 7.84. The van der Waals surface area contributed by atoms with Gasteiger partial charge in [0.2, 0.25) is 0 Å². The van der Waals surface area contributed by atoms with Gasteiger partial charge in [0.25, 0.3) is 5.91 Å². The number of rotatable bonds is 4. The molecule has 1 amide bonds. The summed E-state index contributed by atoms with van der Waals surface area (Å²) >= 11 is 0. The van der Waals surface area contributed by atoms with Gasteiger partial charge in [-0.2, -0.15) is 5.10 Å². The predicted octanol–water partition coefficient (Wildman–Crippen LogP) is -0.482. The van der Waals surface area contributed by atoms with Crippen molar-refractivity contribution >= 4 is 16.7 Å². The Kier molecular flexibility index (Phi) is 3.63. The monoisotopic (exact) mass is 201 g/mol. The van der Waals surface area contributed by atoms with Gasteiger partial charge in [-0.3, -0.25) is 14.1 Å². The first-order valence-electron chi connectivity index (χ1n) is 3.77. The summed E-state index contributed by atoms with van der Waals surface area (Å²) in [6.07, 6.45) is 4.56. The predicted molar refractivity (Wildman–Crippen MR) is 49.9 cm³/mol. The Morgan fingerprint density at radius 1 is 1.77 bits per heavy atom. The van der Waals surface area contributed by atoms with E-state index < -0.39 is 10.8 Å². The highest BCUT2D eigenvalue weighted by atomic mass is 32.2. The highest BCUT2D eigenvalue weighted by Crippen LogP contribution is 1.91. The van der Waals surface area contributed by atoms with E-state index in [4.69, 9.17) is 0 Å². The van der Waals surface area contributed by atoms with E-state index in [-0.39, 0.29) is 5.91 Å². The van der Waals surface area contributed by atoms with Crippen LogP contribution in [0.1, 0.15) is 10.4 Å². The molecule has 1 rings (SSSR count). The van der Waals surface area contributed by atoms with E-state index in [0.717, 1.165) is 0 Å². The summed E-state index contributed by atoms with van der Waals surface area (Å²) in [7, 11) is -0.867. The van der Waals surface area contributed by atoms with E-state index >= 15 is 0 Å².